The van der Waals surface area contributed by atoms with Gasteiger partial charge in [-0.25, -0.2) is 4.79 Å². The molecule has 0 spiro atoms. The summed E-state index contributed by atoms with van der Waals surface area (Å²) in [4.78, 5) is 24.2. The molecule has 31 heavy (non-hydrogen) atoms. The molecule has 1 aliphatic heterocycles. The second-order valence-corrected chi connectivity index (χ2v) is 8.01. The molecule has 0 unspecified atom stereocenters. The third kappa shape index (κ3) is 5.20. The number of phenols is 1. The van der Waals surface area contributed by atoms with Gasteiger partial charge in [-0.3, -0.25) is 4.79 Å². The van der Waals surface area contributed by atoms with Crippen molar-refractivity contribution >= 4 is 23.5 Å². The summed E-state index contributed by atoms with van der Waals surface area (Å²) in [6.45, 7) is 4.35. The lowest BCUT2D eigenvalue weighted by atomic mass is 9.94. The van der Waals surface area contributed by atoms with Crippen LogP contribution in [0.4, 0.5) is 0 Å². The fraction of sp³-hybridized carbons (Fsp3) is 0.333. The number of benzene rings is 2. The topological polar surface area (TPSA) is 84.9 Å². The van der Waals surface area contributed by atoms with Gasteiger partial charge >= 0.3 is 5.97 Å². The zero-order valence-corrected chi connectivity index (χ0v) is 18.6. The zero-order chi connectivity index (χ0) is 22.5. The van der Waals surface area contributed by atoms with Gasteiger partial charge in [0.05, 0.1) is 7.11 Å². The molecular formula is C24H26ClNO5. The van der Waals surface area contributed by atoms with E-state index in [1.807, 2.05) is 38.1 Å². The molecule has 1 aliphatic rings. The number of allylic oxidation sites excluding steroid dienone is 2. The van der Waals surface area contributed by atoms with Gasteiger partial charge in [-0.1, -0.05) is 35.4 Å². The van der Waals surface area contributed by atoms with Crippen molar-refractivity contribution in [2.45, 2.75) is 46.3 Å². The number of rotatable bonds is 8. The molecular weight excluding hydrogens is 418 g/mol. The number of phenolic OH excluding ortho intramolecular Hbond substituents is 1. The highest BCUT2D eigenvalue weighted by Gasteiger charge is 2.31. The average Bonchev–Trinajstić information content (AvgIpc) is 3.14. The fourth-order valence-electron chi connectivity index (χ4n) is 3.65. The molecule has 0 atom stereocenters. The van der Waals surface area contributed by atoms with Gasteiger partial charge in [0.15, 0.2) is 0 Å². The number of nitrogens with one attached hydrogen (secondary N) is 1. The Bertz CT molecular complexity index is 1040. The first-order valence-electron chi connectivity index (χ1n) is 10.1. The maximum Gasteiger partial charge on any atom is 0.342 e. The first-order valence-corrected chi connectivity index (χ1v) is 10.4. The number of hydrogen-bond acceptors (Lipinski definition) is 5. The lowest BCUT2D eigenvalue weighted by Crippen LogP contribution is -2.22. The summed E-state index contributed by atoms with van der Waals surface area (Å²) in [5, 5.41) is 14.2. The predicted molar refractivity (Wildman–Crippen MR) is 119 cm³/mol. The van der Waals surface area contributed by atoms with Crippen LogP contribution in [0.3, 0.4) is 0 Å². The largest absolute Gasteiger partial charge is 0.507 e. The number of amides is 1. The average molecular weight is 444 g/mol. The quantitative estimate of drug-likeness (QED) is 0.459. The van der Waals surface area contributed by atoms with Gasteiger partial charge in [-0.05, 0) is 49.9 Å². The second kappa shape index (κ2) is 9.88. The van der Waals surface area contributed by atoms with Crippen LogP contribution in [0.25, 0.3) is 0 Å². The fourth-order valence-corrected chi connectivity index (χ4v) is 3.87. The lowest BCUT2D eigenvalue weighted by Gasteiger charge is -2.15. The molecule has 2 N–H and O–H groups in total. The van der Waals surface area contributed by atoms with Gasteiger partial charge < -0.3 is 19.9 Å². The molecule has 0 bridgehead atoms. The van der Waals surface area contributed by atoms with Crippen LogP contribution >= 0.6 is 11.6 Å². The second-order valence-electron chi connectivity index (χ2n) is 7.58. The molecule has 3 rings (SSSR count). The van der Waals surface area contributed by atoms with Crippen molar-refractivity contribution in [3.8, 4) is 11.5 Å². The molecule has 6 nitrogen and oxygen atoms in total. The molecule has 0 radical (unpaired) electrons. The molecule has 0 saturated heterocycles. The van der Waals surface area contributed by atoms with Gasteiger partial charge in [-0.15, -0.1) is 0 Å². The lowest BCUT2D eigenvalue weighted by molar-refractivity contribution is -0.121. The number of carbonyl (C=O) groups is 2. The van der Waals surface area contributed by atoms with E-state index in [0.717, 1.165) is 16.7 Å². The van der Waals surface area contributed by atoms with E-state index in [-0.39, 0.29) is 23.8 Å². The van der Waals surface area contributed by atoms with Crippen LogP contribution in [-0.4, -0.2) is 24.1 Å². The normalized spacial score (nSPS) is 13.0. The van der Waals surface area contributed by atoms with E-state index in [1.165, 1.54) is 7.11 Å². The van der Waals surface area contributed by atoms with E-state index in [2.05, 4.69) is 5.32 Å². The van der Waals surface area contributed by atoms with Crippen LogP contribution < -0.4 is 10.1 Å². The Labute approximate surface area is 186 Å². The Morgan fingerprint density at radius 3 is 2.84 bits per heavy atom. The highest BCUT2D eigenvalue weighted by atomic mass is 35.5. The number of methoxy groups -OCH3 is 1. The SMILES string of the molecule is COc1c(C)c2c(c(O)c1C/C=C(\C)CCC(=O)NCc1cccc(Cl)c1)C(=O)OC2. The van der Waals surface area contributed by atoms with E-state index >= 15 is 0 Å². The van der Waals surface area contributed by atoms with Crippen molar-refractivity contribution in [3.05, 3.63) is 68.8 Å². The van der Waals surface area contributed by atoms with Gasteiger partial charge in [-0.2, -0.15) is 0 Å². The summed E-state index contributed by atoms with van der Waals surface area (Å²) in [5.41, 5.74) is 4.17. The van der Waals surface area contributed by atoms with Crippen LogP contribution in [0.15, 0.2) is 35.9 Å². The Balaban J connectivity index is 1.62. The van der Waals surface area contributed by atoms with Crippen LogP contribution in [-0.2, 0) is 29.1 Å². The first kappa shape index (κ1) is 22.7. The number of ether oxygens (including phenoxy) is 2. The molecule has 0 aliphatic carbocycles. The summed E-state index contributed by atoms with van der Waals surface area (Å²) in [5.74, 6) is -0.109. The summed E-state index contributed by atoms with van der Waals surface area (Å²) >= 11 is 5.96. The predicted octanol–water partition coefficient (Wildman–Crippen LogP) is 4.62. The van der Waals surface area contributed by atoms with Crippen LogP contribution in [0, 0.1) is 6.92 Å². The number of halogens is 1. The van der Waals surface area contributed by atoms with E-state index in [4.69, 9.17) is 21.1 Å². The van der Waals surface area contributed by atoms with E-state index < -0.39 is 5.97 Å². The summed E-state index contributed by atoms with van der Waals surface area (Å²) in [7, 11) is 1.54. The molecule has 0 fully saturated rings. The first-order chi connectivity index (χ1) is 14.8. The van der Waals surface area contributed by atoms with Crippen LogP contribution in [0.1, 0.15) is 52.4 Å². The zero-order valence-electron chi connectivity index (χ0n) is 17.9. The van der Waals surface area contributed by atoms with Crippen molar-refractivity contribution in [2.24, 2.45) is 0 Å². The molecule has 2 aromatic rings. The van der Waals surface area contributed by atoms with Crippen LogP contribution in [0.5, 0.6) is 11.5 Å². The van der Waals surface area contributed by atoms with Gasteiger partial charge in [0.1, 0.15) is 23.7 Å². The number of carbonyl (C=O) groups excluding carboxylic acids is 2. The maximum atomic E-state index is 12.2. The van der Waals surface area contributed by atoms with Crippen molar-refractivity contribution in [3.63, 3.8) is 0 Å². The minimum Gasteiger partial charge on any atom is -0.507 e. The van der Waals surface area contributed by atoms with E-state index in [9.17, 15) is 14.7 Å². The van der Waals surface area contributed by atoms with E-state index in [0.29, 0.717) is 47.7 Å². The summed E-state index contributed by atoms with van der Waals surface area (Å²) < 4.78 is 10.6. The minimum atomic E-state index is -0.517. The Kier molecular flexibility index (Phi) is 7.23. The van der Waals surface area contributed by atoms with Crippen molar-refractivity contribution in [1.29, 1.82) is 0 Å². The summed E-state index contributed by atoms with van der Waals surface area (Å²) in [6, 6.07) is 7.37. The monoisotopic (exact) mass is 443 g/mol. The Morgan fingerprint density at radius 1 is 1.35 bits per heavy atom. The third-order valence-electron chi connectivity index (χ3n) is 5.43. The number of fused-ring (bicyclic) bond motifs is 1. The third-order valence-corrected chi connectivity index (χ3v) is 5.66. The molecule has 164 valence electrons. The molecule has 2 aromatic carbocycles. The smallest absolute Gasteiger partial charge is 0.342 e. The number of aromatic hydroxyl groups is 1. The Morgan fingerprint density at radius 2 is 2.13 bits per heavy atom. The number of cyclic esters (lactones) is 1. The maximum absolute atomic E-state index is 12.2. The van der Waals surface area contributed by atoms with Crippen molar-refractivity contribution < 1.29 is 24.2 Å². The highest BCUT2D eigenvalue weighted by Crippen LogP contribution is 2.42. The summed E-state index contributed by atoms with van der Waals surface area (Å²) in [6.07, 6.45) is 3.25. The number of esters is 1. The highest BCUT2D eigenvalue weighted by molar-refractivity contribution is 6.30. The van der Waals surface area contributed by atoms with Crippen molar-refractivity contribution in [1.82, 2.24) is 5.32 Å². The Hall–Kier alpha value is -2.99. The van der Waals surface area contributed by atoms with Gasteiger partial charge in [0.2, 0.25) is 5.91 Å². The standard InChI is InChI=1S/C24H26ClNO5/c1-14(8-10-20(27)26-12-16-5-4-6-17(25)11-16)7-9-18-22(28)21-19(13-31-24(21)29)15(2)23(18)30-3/h4-7,11,28H,8-10,12-13H2,1-3H3,(H,26,27)/b14-7+. The van der Waals surface area contributed by atoms with Gasteiger partial charge in [0.25, 0.3) is 0 Å². The van der Waals surface area contributed by atoms with Crippen molar-refractivity contribution in [2.75, 3.05) is 7.11 Å². The van der Waals surface area contributed by atoms with E-state index in [1.54, 1.807) is 6.07 Å². The molecule has 0 aromatic heterocycles. The molecule has 7 heteroatoms. The molecule has 1 amide bonds. The number of hydrogen-bond donors (Lipinski definition) is 2. The molecule has 0 saturated carbocycles. The van der Waals surface area contributed by atoms with Crippen LogP contribution in [0.2, 0.25) is 5.02 Å². The van der Waals surface area contributed by atoms with Gasteiger partial charge in [0, 0.05) is 29.1 Å². The minimum absolute atomic E-state index is 0.0516. The molecule has 1 heterocycles.